The Bertz CT molecular complexity index is 302. The van der Waals surface area contributed by atoms with Crippen molar-refractivity contribution in [1.29, 1.82) is 5.26 Å². The Hall–Kier alpha value is -1.30. The molecule has 0 saturated heterocycles. The monoisotopic (exact) mass is 223 g/mol. The molecule has 3 heteroatoms. The first-order valence-electron chi connectivity index (χ1n) is 5.84. The molecular weight excluding hydrogens is 202 g/mol. The smallest absolute Gasteiger partial charge is 0.330 e. The van der Waals surface area contributed by atoms with Gasteiger partial charge in [0.1, 0.15) is 0 Å². The number of nitrogens with zero attached hydrogens (tertiary/aromatic N) is 1. The molecule has 0 saturated carbocycles. The summed E-state index contributed by atoms with van der Waals surface area (Å²) in [5.74, 6) is -0.415. The number of nitriles is 1. The average Bonchev–Trinajstić information content (AvgIpc) is 2.26. The topological polar surface area (TPSA) is 50.1 Å². The summed E-state index contributed by atoms with van der Waals surface area (Å²) in [6, 6.07) is 2.14. The van der Waals surface area contributed by atoms with Gasteiger partial charge in [-0.1, -0.05) is 26.3 Å². The summed E-state index contributed by atoms with van der Waals surface area (Å²) in [4.78, 5) is 11.9. The summed E-state index contributed by atoms with van der Waals surface area (Å²) in [6.45, 7) is 7.85. The van der Waals surface area contributed by atoms with Crippen LogP contribution in [0.2, 0.25) is 0 Å². The van der Waals surface area contributed by atoms with Crippen LogP contribution in [0.3, 0.4) is 0 Å². The fraction of sp³-hybridized carbons (Fsp3) is 0.692. The van der Waals surface area contributed by atoms with Crippen molar-refractivity contribution in [2.24, 2.45) is 5.41 Å². The van der Waals surface area contributed by atoms with Crippen LogP contribution in [0.5, 0.6) is 0 Å². The third kappa shape index (κ3) is 3.10. The minimum absolute atomic E-state index is 0.311. The second kappa shape index (κ2) is 7.05. The molecule has 0 aromatic heterocycles. The van der Waals surface area contributed by atoms with Crippen molar-refractivity contribution >= 4 is 5.97 Å². The van der Waals surface area contributed by atoms with Crippen LogP contribution in [0.1, 0.15) is 47.0 Å². The molecule has 0 rings (SSSR count). The van der Waals surface area contributed by atoms with Crippen LogP contribution in [-0.2, 0) is 9.53 Å². The normalized spacial score (nSPS) is 15.1. The van der Waals surface area contributed by atoms with E-state index in [0.29, 0.717) is 13.0 Å². The molecule has 0 spiro atoms. The molecule has 0 radical (unpaired) electrons. The lowest BCUT2D eigenvalue weighted by atomic mass is 9.78. The van der Waals surface area contributed by atoms with Gasteiger partial charge in [-0.25, -0.2) is 4.79 Å². The number of esters is 1. The zero-order valence-electron chi connectivity index (χ0n) is 10.7. The number of rotatable bonds is 6. The van der Waals surface area contributed by atoms with Crippen LogP contribution in [-0.4, -0.2) is 12.6 Å². The molecule has 0 amide bonds. The van der Waals surface area contributed by atoms with Crippen LogP contribution in [0.4, 0.5) is 0 Å². The van der Waals surface area contributed by atoms with Crippen LogP contribution in [0.15, 0.2) is 11.6 Å². The number of allylic oxidation sites excluding steroid dienone is 1. The zero-order valence-corrected chi connectivity index (χ0v) is 10.7. The molecule has 0 aliphatic rings. The predicted molar refractivity (Wildman–Crippen MR) is 63.6 cm³/mol. The number of ether oxygens (including phenoxy) is 1. The van der Waals surface area contributed by atoms with E-state index in [0.717, 1.165) is 18.4 Å². The first kappa shape index (κ1) is 14.7. The fourth-order valence-electron chi connectivity index (χ4n) is 1.76. The summed E-state index contributed by atoms with van der Waals surface area (Å²) in [7, 11) is 0. The Kier molecular flexibility index (Phi) is 6.48. The maximum Gasteiger partial charge on any atom is 0.330 e. The molecule has 3 nitrogen and oxygen atoms in total. The van der Waals surface area contributed by atoms with Gasteiger partial charge in [0.25, 0.3) is 0 Å². The standard InChI is InChI=1S/C13H21NO2/c1-5-8-11(4)13(10-14,9-6-2)12(15)16-7-3/h8H,5-7,9H2,1-4H3/b11-8-/t13-/m0/s1. The predicted octanol–water partition coefficient (Wildman–Crippen LogP) is 3.22. The van der Waals surface area contributed by atoms with Crippen molar-refractivity contribution < 1.29 is 9.53 Å². The van der Waals surface area contributed by atoms with Gasteiger partial charge in [-0.15, -0.1) is 0 Å². The Morgan fingerprint density at radius 1 is 1.44 bits per heavy atom. The molecule has 0 aliphatic heterocycles. The molecule has 0 heterocycles. The zero-order chi connectivity index (χ0) is 12.6. The van der Waals surface area contributed by atoms with Gasteiger partial charge in [0.15, 0.2) is 5.41 Å². The summed E-state index contributed by atoms with van der Waals surface area (Å²) in [5, 5.41) is 9.31. The molecule has 0 aliphatic carbocycles. The van der Waals surface area contributed by atoms with Crippen molar-refractivity contribution in [2.45, 2.75) is 47.0 Å². The number of carbonyl (C=O) groups excluding carboxylic acids is 1. The molecule has 0 fully saturated rings. The van der Waals surface area contributed by atoms with E-state index in [4.69, 9.17) is 4.74 Å². The van der Waals surface area contributed by atoms with Gasteiger partial charge in [0.2, 0.25) is 0 Å². The first-order chi connectivity index (χ1) is 7.58. The average molecular weight is 223 g/mol. The lowest BCUT2D eigenvalue weighted by molar-refractivity contribution is -0.150. The second-order valence-corrected chi connectivity index (χ2v) is 3.78. The highest BCUT2D eigenvalue weighted by Gasteiger charge is 2.41. The van der Waals surface area contributed by atoms with E-state index in [-0.39, 0.29) is 0 Å². The molecule has 0 aromatic rings. The fourth-order valence-corrected chi connectivity index (χ4v) is 1.76. The highest BCUT2D eigenvalue weighted by Crippen LogP contribution is 2.33. The highest BCUT2D eigenvalue weighted by atomic mass is 16.5. The molecule has 90 valence electrons. The van der Waals surface area contributed by atoms with Gasteiger partial charge in [-0.3, -0.25) is 0 Å². The van der Waals surface area contributed by atoms with Crippen molar-refractivity contribution in [3.8, 4) is 6.07 Å². The van der Waals surface area contributed by atoms with Gasteiger partial charge < -0.3 is 4.74 Å². The van der Waals surface area contributed by atoms with Crippen LogP contribution >= 0.6 is 0 Å². The first-order valence-corrected chi connectivity index (χ1v) is 5.84. The van der Waals surface area contributed by atoms with Crippen LogP contribution < -0.4 is 0 Å². The SMILES string of the molecule is CC/C=C(/C)[C@@](C#N)(CCC)C(=O)OCC. The molecule has 0 aromatic carbocycles. The molecule has 0 bridgehead atoms. The van der Waals surface area contributed by atoms with E-state index in [2.05, 4.69) is 6.07 Å². The number of hydrogen-bond acceptors (Lipinski definition) is 3. The van der Waals surface area contributed by atoms with Crippen LogP contribution in [0, 0.1) is 16.7 Å². The highest BCUT2D eigenvalue weighted by molar-refractivity contribution is 5.83. The Labute approximate surface area is 98.1 Å². The van der Waals surface area contributed by atoms with Crippen molar-refractivity contribution in [3.63, 3.8) is 0 Å². The number of hydrogen-bond donors (Lipinski definition) is 0. The number of carbonyl (C=O) groups is 1. The van der Waals surface area contributed by atoms with Crippen LogP contribution in [0.25, 0.3) is 0 Å². The van der Waals surface area contributed by atoms with Gasteiger partial charge in [0.05, 0.1) is 12.7 Å². The van der Waals surface area contributed by atoms with Gasteiger partial charge >= 0.3 is 5.97 Å². The molecule has 0 N–H and O–H groups in total. The minimum Gasteiger partial charge on any atom is -0.465 e. The van der Waals surface area contributed by atoms with E-state index in [1.165, 1.54) is 0 Å². The van der Waals surface area contributed by atoms with Crippen molar-refractivity contribution in [1.82, 2.24) is 0 Å². The maximum atomic E-state index is 11.9. The van der Waals surface area contributed by atoms with E-state index >= 15 is 0 Å². The molecule has 0 unspecified atom stereocenters. The Morgan fingerprint density at radius 2 is 2.06 bits per heavy atom. The van der Waals surface area contributed by atoms with E-state index in [1.54, 1.807) is 6.92 Å². The quantitative estimate of drug-likeness (QED) is 0.513. The van der Waals surface area contributed by atoms with Gasteiger partial charge in [-0.05, 0) is 32.3 Å². The van der Waals surface area contributed by atoms with Crippen molar-refractivity contribution in [2.75, 3.05) is 6.61 Å². The maximum absolute atomic E-state index is 11.9. The van der Waals surface area contributed by atoms with E-state index < -0.39 is 11.4 Å². The Balaban J connectivity index is 5.24. The third-order valence-corrected chi connectivity index (χ3v) is 2.62. The lowest BCUT2D eigenvalue weighted by Gasteiger charge is -2.24. The summed E-state index contributed by atoms with van der Waals surface area (Å²) < 4.78 is 5.02. The van der Waals surface area contributed by atoms with Gasteiger partial charge in [0, 0.05) is 0 Å². The Morgan fingerprint density at radius 3 is 2.44 bits per heavy atom. The summed E-state index contributed by atoms with van der Waals surface area (Å²) in [6.07, 6.45) is 4.04. The lowest BCUT2D eigenvalue weighted by Crippen LogP contribution is -2.33. The van der Waals surface area contributed by atoms with Gasteiger partial charge in [-0.2, -0.15) is 5.26 Å². The van der Waals surface area contributed by atoms with Crippen molar-refractivity contribution in [3.05, 3.63) is 11.6 Å². The largest absolute Gasteiger partial charge is 0.465 e. The molecule has 1 atom stereocenters. The minimum atomic E-state index is -1.08. The van der Waals surface area contributed by atoms with E-state index in [1.807, 2.05) is 26.8 Å². The van der Waals surface area contributed by atoms with E-state index in [9.17, 15) is 10.1 Å². The summed E-state index contributed by atoms with van der Waals surface area (Å²) in [5.41, 5.74) is -0.279. The second-order valence-electron chi connectivity index (χ2n) is 3.78. The molecular formula is C13H21NO2. The molecule has 16 heavy (non-hydrogen) atoms. The third-order valence-electron chi connectivity index (χ3n) is 2.62. The summed E-state index contributed by atoms with van der Waals surface area (Å²) >= 11 is 0.